The van der Waals surface area contributed by atoms with Gasteiger partial charge in [-0.1, -0.05) is 23.7 Å². The molecule has 0 aliphatic heterocycles. The molecule has 0 saturated carbocycles. The van der Waals surface area contributed by atoms with Gasteiger partial charge >= 0.3 is 0 Å². The third-order valence-electron chi connectivity index (χ3n) is 3.31. The zero-order valence-corrected chi connectivity index (χ0v) is 12.2. The summed E-state index contributed by atoms with van der Waals surface area (Å²) in [5.74, 6) is -1.69. The molecule has 0 saturated heterocycles. The maximum atomic E-state index is 13.4. The molecule has 0 amide bonds. The molecule has 5 heteroatoms. The first-order valence-electron chi connectivity index (χ1n) is 6.54. The molecule has 112 valence electrons. The van der Waals surface area contributed by atoms with Gasteiger partial charge in [0.25, 0.3) is 0 Å². The lowest BCUT2D eigenvalue weighted by Gasteiger charge is -2.17. The van der Waals surface area contributed by atoms with Crippen molar-refractivity contribution in [2.45, 2.75) is 18.9 Å². The summed E-state index contributed by atoms with van der Waals surface area (Å²) in [6.07, 6.45) is 0.878. The lowest BCUT2D eigenvalue weighted by Crippen LogP contribution is -2.30. The molecule has 0 spiro atoms. The smallest absolute Gasteiger partial charge is 0.142 e. The first kappa shape index (κ1) is 15.9. The molecule has 2 aromatic rings. The molecule has 0 fully saturated rings. The highest BCUT2D eigenvalue weighted by Crippen LogP contribution is 2.22. The number of hydrogen-bond acceptors (Lipinski definition) is 1. The second-order valence-corrected chi connectivity index (χ2v) is 5.26. The van der Waals surface area contributed by atoms with E-state index in [1.807, 2.05) is 0 Å². The van der Waals surface area contributed by atoms with Gasteiger partial charge in [-0.05, 0) is 49.2 Å². The van der Waals surface area contributed by atoms with Crippen molar-refractivity contribution in [3.63, 3.8) is 0 Å². The van der Waals surface area contributed by atoms with E-state index in [2.05, 4.69) is 5.32 Å². The highest BCUT2D eigenvalue weighted by Gasteiger charge is 2.13. The minimum atomic E-state index is -0.608. The van der Waals surface area contributed by atoms with Gasteiger partial charge < -0.3 is 5.32 Å². The summed E-state index contributed by atoms with van der Waals surface area (Å²) < 4.78 is 39.8. The van der Waals surface area contributed by atoms with Crippen LogP contribution in [0.4, 0.5) is 13.2 Å². The summed E-state index contributed by atoms with van der Waals surface area (Å²) >= 11 is 5.92. The standard InChI is InChI=1S/C16H15ClF3N/c1-21-14(7-10-5-12(18)9-13(19)6-10)8-11-3-2-4-15(20)16(11)17/h2-6,9,14,21H,7-8H2,1H3. The van der Waals surface area contributed by atoms with Crippen molar-refractivity contribution in [1.29, 1.82) is 0 Å². The molecule has 1 N–H and O–H groups in total. The Labute approximate surface area is 126 Å². The minimum Gasteiger partial charge on any atom is -0.316 e. The molecule has 2 rings (SSSR count). The van der Waals surface area contributed by atoms with Crippen LogP contribution in [0.5, 0.6) is 0 Å². The number of nitrogens with one attached hydrogen (secondary N) is 1. The zero-order valence-electron chi connectivity index (χ0n) is 11.5. The Kier molecular flexibility index (Phi) is 5.26. The van der Waals surface area contributed by atoms with Crippen molar-refractivity contribution in [1.82, 2.24) is 5.32 Å². The fourth-order valence-electron chi connectivity index (χ4n) is 2.26. The lowest BCUT2D eigenvalue weighted by molar-refractivity contribution is 0.541. The van der Waals surface area contributed by atoms with Crippen molar-refractivity contribution < 1.29 is 13.2 Å². The van der Waals surface area contributed by atoms with Gasteiger partial charge in [0.1, 0.15) is 17.5 Å². The summed E-state index contributed by atoms with van der Waals surface area (Å²) in [6, 6.07) is 7.93. The van der Waals surface area contributed by atoms with Gasteiger partial charge in [-0.15, -0.1) is 0 Å². The monoisotopic (exact) mass is 313 g/mol. The number of rotatable bonds is 5. The predicted molar refractivity (Wildman–Crippen MR) is 78.0 cm³/mol. The van der Waals surface area contributed by atoms with E-state index < -0.39 is 17.5 Å². The fraction of sp³-hybridized carbons (Fsp3) is 0.250. The molecule has 0 heterocycles. The summed E-state index contributed by atoms with van der Waals surface area (Å²) in [5, 5.41) is 3.14. The molecule has 1 unspecified atom stereocenters. The molecule has 21 heavy (non-hydrogen) atoms. The minimum absolute atomic E-state index is 0.0863. The number of hydrogen-bond donors (Lipinski definition) is 1. The summed E-state index contributed by atoms with van der Waals surface area (Å²) in [6.45, 7) is 0. The van der Waals surface area contributed by atoms with E-state index in [1.54, 1.807) is 19.2 Å². The van der Waals surface area contributed by atoms with Gasteiger partial charge in [0.05, 0.1) is 5.02 Å². The second kappa shape index (κ2) is 6.96. The van der Waals surface area contributed by atoms with Crippen molar-refractivity contribution in [3.8, 4) is 0 Å². The maximum absolute atomic E-state index is 13.4. The van der Waals surface area contributed by atoms with Gasteiger partial charge in [-0.25, -0.2) is 13.2 Å². The Balaban J connectivity index is 2.15. The normalized spacial score (nSPS) is 12.4. The predicted octanol–water partition coefficient (Wildman–Crippen LogP) is 4.13. The van der Waals surface area contributed by atoms with Crippen LogP contribution in [0.2, 0.25) is 5.02 Å². The van der Waals surface area contributed by atoms with Crippen LogP contribution in [0, 0.1) is 17.5 Å². The van der Waals surface area contributed by atoms with Gasteiger partial charge in [0.15, 0.2) is 0 Å². The van der Waals surface area contributed by atoms with Crippen LogP contribution in [0.1, 0.15) is 11.1 Å². The maximum Gasteiger partial charge on any atom is 0.142 e. The van der Waals surface area contributed by atoms with Gasteiger partial charge in [-0.3, -0.25) is 0 Å². The molecule has 0 radical (unpaired) electrons. The molecule has 1 nitrogen and oxygen atoms in total. The third kappa shape index (κ3) is 4.22. The Morgan fingerprint density at radius 3 is 2.33 bits per heavy atom. The molecular weight excluding hydrogens is 299 g/mol. The van der Waals surface area contributed by atoms with E-state index in [9.17, 15) is 13.2 Å². The Bertz CT molecular complexity index is 611. The van der Waals surface area contributed by atoms with Crippen LogP contribution in [-0.2, 0) is 12.8 Å². The molecule has 0 aliphatic carbocycles. The molecule has 2 aromatic carbocycles. The van der Waals surface area contributed by atoms with Crippen molar-refractivity contribution in [3.05, 3.63) is 70.0 Å². The van der Waals surface area contributed by atoms with Crippen molar-refractivity contribution in [2.75, 3.05) is 7.05 Å². The first-order chi connectivity index (χ1) is 9.99. The van der Waals surface area contributed by atoms with E-state index in [4.69, 9.17) is 11.6 Å². The number of halogens is 4. The topological polar surface area (TPSA) is 12.0 Å². The van der Waals surface area contributed by atoms with Crippen LogP contribution in [0.15, 0.2) is 36.4 Å². The van der Waals surface area contributed by atoms with Gasteiger partial charge in [-0.2, -0.15) is 0 Å². The molecule has 0 aromatic heterocycles. The SMILES string of the molecule is CNC(Cc1cc(F)cc(F)c1)Cc1cccc(F)c1Cl. The third-order valence-corrected chi connectivity index (χ3v) is 3.73. The first-order valence-corrected chi connectivity index (χ1v) is 6.92. The average molecular weight is 314 g/mol. The van der Waals surface area contributed by atoms with Crippen LogP contribution < -0.4 is 5.32 Å². The molecule has 1 atom stereocenters. The lowest BCUT2D eigenvalue weighted by atomic mass is 9.99. The molecular formula is C16H15ClF3N. The molecule has 0 bridgehead atoms. The van der Waals surface area contributed by atoms with E-state index in [0.29, 0.717) is 24.0 Å². The molecule has 0 aliphatic rings. The highest BCUT2D eigenvalue weighted by molar-refractivity contribution is 6.31. The fourth-order valence-corrected chi connectivity index (χ4v) is 2.46. The van der Waals surface area contributed by atoms with E-state index in [0.717, 1.165) is 6.07 Å². The number of likely N-dealkylation sites (N-methyl/N-ethyl adjacent to an activating group) is 1. The van der Waals surface area contributed by atoms with Crippen molar-refractivity contribution >= 4 is 11.6 Å². The summed E-state index contributed by atoms with van der Waals surface area (Å²) in [7, 11) is 1.74. The van der Waals surface area contributed by atoms with E-state index >= 15 is 0 Å². The Morgan fingerprint density at radius 2 is 1.71 bits per heavy atom. The van der Waals surface area contributed by atoms with Crippen LogP contribution >= 0.6 is 11.6 Å². The zero-order chi connectivity index (χ0) is 15.4. The van der Waals surface area contributed by atoms with Gasteiger partial charge in [0.2, 0.25) is 0 Å². The van der Waals surface area contributed by atoms with Crippen LogP contribution in [-0.4, -0.2) is 13.1 Å². The van der Waals surface area contributed by atoms with Crippen molar-refractivity contribution in [2.24, 2.45) is 0 Å². The Morgan fingerprint density at radius 1 is 1.05 bits per heavy atom. The number of benzene rings is 2. The quantitative estimate of drug-likeness (QED) is 0.875. The largest absolute Gasteiger partial charge is 0.316 e. The summed E-state index contributed by atoms with van der Waals surface area (Å²) in [5.41, 5.74) is 1.20. The van der Waals surface area contributed by atoms with Crippen LogP contribution in [0.25, 0.3) is 0 Å². The van der Waals surface area contributed by atoms with Crippen LogP contribution in [0.3, 0.4) is 0 Å². The second-order valence-electron chi connectivity index (χ2n) is 4.88. The highest BCUT2D eigenvalue weighted by atomic mass is 35.5. The Hall–Kier alpha value is -1.52. The summed E-state index contributed by atoms with van der Waals surface area (Å²) in [4.78, 5) is 0. The van der Waals surface area contributed by atoms with E-state index in [1.165, 1.54) is 18.2 Å². The van der Waals surface area contributed by atoms with Gasteiger partial charge in [0, 0.05) is 12.1 Å². The van der Waals surface area contributed by atoms with E-state index in [-0.39, 0.29) is 11.1 Å². The average Bonchev–Trinajstić information content (AvgIpc) is 2.42.